The molecule has 0 saturated heterocycles. The zero-order valence-corrected chi connectivity index (χ0v) is 20.8. The van der Waals surface area contributed by atoms with Gasteiger partial charge in [0.05, 0.1) is 40.6 Å². The number of methoxy groups -OCH3 is 2. The molecule has 0 radical (unpaired) electrons. The first kappa shape index (κ1) is 25.8. The molecule has 0 amide bonds. The highest BCUT2D eigenvalue weighted by atomic mass is 16.5. The standard InChI is InChI=1S/C30H34O6/c1-32-25-13-8-22(9-14-25)18-34-20-24-12-17-29(36-27-6-4-3-5-7-27)30(31)28(24)21-35-19-23-10-15-26(33-2)16-11-23/h3-17,24,28-31H,18-21H2,1-2H3/t24-,28+,29+,30+/m0/s1. The average molecular weight is 491 g/mol. The molecule has 0 bridgehead atoms. The van der Waals surface area contributed by atoms with Crippen molar-refractivity contribution in [3.63, 3.8) is 0 Å². The Labute approximate surface area is 213 Å². The molecule has 0 fully saturated rings. The molecule has 4 rings (SSSR count). The lowest BCUT2D eigenvalue weighted by molar-refractivity contribution is -0.0588. The van der Waals surface area contributed by atoms with Crippen molar-refractivity contribution in [3.05, 3.63) is 102 Å². The number of hydrogen-bond donors (Lipinski definition) is 1. The summed E-state index contributed by atoms with van der Waals surface area (Å²) in [5.41, 5.74) is 2.11. The Bertz CT molecular complexity index is 1060. The Morgan fingerprint density at radius 1 is 0.639 bits per heavy atom. The Morgan fingerprint density at radius 2 is 1.19 bits per heavy atom. The summed E-state index contributed by atoms with van der Waals surface area (Å²) >= 11 is 0. The third kappa shape index (κ3) is 7.10. The SMILES string of the molecule is COc1ccc(COC[C@H]2[C@@H](O)[C@H](Oc3ccccc3)C=C[C@H]2COCc2ccc(OC)cc2)cc1. The monoisotopic (exact) mass is 490 g/mol. The van der Waals surface area contributed by atoms with Crippen molar-refractivity contribution >= 4 is 0 Å². The van der Waals surface area contributed by atoms with Crippen molar-refractivity contribution < 1.29 is 28.8 Å². The molecule has 6 nitrogen and oxygen atoms in total. The molecule has 3 aromatic rings. The number of rotatable bonds is 12. The summed E-state index contributed by atoms with van der Waals surface area (Å²) in [6, 6.07) is 25.2. The van der Waals surface area contributed by atoms with Crippen molar-refractivity contribution in [3.8, 4) is 17.2 Å². The van der Waals surface area contributed by atoms with Gasteiger partial charge in [-0.25, -0.2) is 0 Å². The number of aliphatic hydroxyl groups is 1. The minimum Gasteiger partial charge on any atom is -0.497 e. The third-order valence-electron chi connectivity index (χ3n) is 6.36. The lowest BCUT2D eigenvalue weighted by atomic mass is 9.81. The van der Waals surface area contributed by atoms with E-state index >= 15 is 0 Å². The summed E-state index contributed by atoms with van der Waals surface area (Å²) in [5, 5.41) is 11.3. The molecule has 1 aliphatic rings. The molecule has 36 heavy (non-hydrogen) atoms. The van der Waals surface area contributed by atoms with Crippen molar-refractivity contribution in [1.29, 1.82) is 0 Å². The summed E-state index contributed by atoms with van der Waals surface area (Å²) < 4.78 is 28.6. The van der Waals surface area contributed by atoms with Crippen LogP contribution in [0.1, 0.15) is 11.1 Å². The van der Waals surface area contributed by atoms with Crippen molar-refractivity contribution in [1.82, 2.24) is 0 Å². The second kappa shape index (κ2) is 13.1. The van der Waals surface area contributed by atoms with Gasteiger partial charge in [0.2, 0.25) is 0 Å². The molecule has 1 N–H and O–H groups in total. The zero-order valence-electron chi connectivity index (χ0n) is 20.8. The molecule has 0 heterocycles. The maximum Gasteiger partial charge on any atom is 0.143 e. The van der Waals surface area contributed by atoms with Gasteiger partial charge >= 0.3 is 0 Å². The Kier molecular flexibility index (Phi) is 9.39. The van der Waals surface area contributed by atoms with Gasteiger partial charge in [-0.05, 0) is 53.6 Å². The topological polar surface area (TPSA) is 66.4 Å². The average Bonchev–Trinajstić information content (AvgIpc) is 2.93. The molecule has 1 aliphatic carbocycles. The van der Waals surface area contributed by atoms with E-state index in [-0.39, 0.29) is 11.8 Å². The smallest absolute Gasteiger partial charge is 0.143 e. The van der Waals surface area contributed by atoms with Gasteiger partial charge in [0.1, 0.15) is 29.5 Å². The number of aliphatic hydroxyl groups excluding tert-OH is 1. The highest BCUT2D eigenvalue weighted by Gasteiger charge is 2.36. The number of ether oxygens (including phenoxy) is 5. The highest BCUT2D eigenvalue weighted by Crippen LogP contribution is 2.30. The lowest BCUT2D eigenvalue weighted by Gasteiger charge is -2.36. The first-order valence-electron chi connectivity index (χ1n) is 12.2. The molecule has 0 saturated carbocycles. The van der Waals surface area contributed by atoms with E-state index in [0.29, 0.717) is 26.4 Å². The lowest BCUT2D eigenvalue weighted by Crippen LogP contribution is -2.45. The van der Waals surface area contributed by atoms with Gasteiger partial charge < -0.3 is 28.8 Å². The van der Waals surface area contributed by atoms with Crippen LogP contribution in [0, 0.1) is 11.8 Å². The molecule has 0 aliphatic heterocycles. The largest absolute Gasteiger partial charge is 0.497 e. The van der Waals surface area contributed by atoms with E-state index in [1.54, 1.807) is 14.2 Å². The van der Waals surface area contributed by atoms with Crippen LogP contribution >= 0.6 is 0 Å². The molecule has 0 aromatic heterocycles. The molecular formula is C30H34O6. The quantitative estimate of drug-likeness (QED) is 0.359. The fourth-order valence-corrected chi connectivity index (χ4v) is 4.24. The first-order valence-corrected chi connectivity index (χ1v) is 12.2. The number of benzene rings is 3. The first-order chi connectivity index (χ1) is 17.7. The van der Waals surface area contributed by atoms with Crippen LogP contribution in [0.3, 0.4) is 0 Å². The summed E-state index contributed by atoms with van der Waals surface area (Å²) in [5.74, 6) is 2.15. The third-order valence-corrected chi connectivity index (χ3v) is 6.36. The van der Waals surface area contributed by atoms with Gasteiger partial charge in [-0.15, -0.1) is 0 Å². The van der Waals surface area contributed by atoms with Gasteiger partial charge in [-0.1, -0.05) is 48.5 Å². The van der Waals surface area contributed by atoms with Gasteiger partial charge in [-0.2, -0.15) is 0 Å². The molecule has 6 heteroatoms. The van der Waals surface area contributed by atoms with Crippen molar-refractivity contribution in [2.45, 2.75) is 25.4 Å². The van der Waals surface area contributed by atoms with E-state index in [4.69, 9.17) is 23.7 Å². The summed E-state index contributed by atoms with van der Waals surface area (Å²) in [4.78, 5) is 0. The van der Waals surface area contributed by atoms with Crippen molar-refractivity contribution in [2.75, 3.05) is 27.4 Å². The van der Waals surface area contributed by atoms with Crippen LogP contribution in [-0.4, -0.2) is 44.7 Å². The molecular weight excluding hydrogens is 456 g/mol. The molecule has 0 spiro atoms. The molecule has 3 aromatic carbocycles. The minimum absolute atomic E-state index is 0.00950. The molecule has 0 unspecified atom stereocenters. The van der Waals surface area contributed by atoms with Crippen LogP contribution < -0.4 is 14.2 Å². The predicted octanol–water partition coefficient (Wildman–Crippen LogP) is 5.05. The maximum absolute atomic E-state index is 11.3. The van der Waals surface area contributed by atoms with E-state index < -0.39 is 12.2 Å². The zero-order chi connectivity index (χ0) is 25.2. The highest BCUT2D eigenvalue weighted by molar-refractivity contribution is 5.27. The second-order valence-electron chi connectivity index (χ2n) is 8.83. The number of hydrogen-bond acceptors (Lipinski definition) is 6. The van der Waals surface area contributed by atoms with E-state index in [9.17, 15) is 5.11 Å². The van der Waals surface area contributed by atoms with Crippen LogP contribution in [0.4, 0.5) is 0 Å². The molecule has 190 valence electrons. The Morgan fingerprint density at radius 3 is 1.75 bits per heavy atom. The number of para-hydroxylation sites is 1. The van der Waals surface area contributed by atoms with Gasteiger partial charge in [-0.3, -0.25) is 0 Å². The van der Waals surface area contributed by atoms with Gasteiger partial charge in [0.25, 0.3) is 0 Å². The summed E-state index contributed by atoms with van der Waals surface area (Å²) in [6.07, 6.45) is 2.81. The van der Waals surface area contributed by atoms with E-state index in [0.717, 1.165) is 28.4 Å². The van der Waals surface area contributed by atoms with E-state index in [2.05, 4.69) is 6.08 Å². The van der Waals surface area contributed by atoms with Crippen LogP contribution in [0.25, 0.3) is 0 Å². The second-order valence-corrected chi connectivity index (χ2v) is 8.83. The van der Waals surface area contributed by atoms with Gasteiger partial charge in [0, 0.05) is 11.8 Å². The normalized spacial score (nSPS) is 21.2. The van der Waals surface area contributed by atoms with Crippen LogP contribution in [0.2, 0.25) is 0 Å². The fourth-order valence-electron chi connectivity index (χ4n) is 4.24. The van der Waals surface area contributed by atoms with E-state index in [1.807, 2.05) is 84.9 Å². The Hall–Kier alpha value is -3.32. The fraction of sp³-hybridized carbons (Fsp3) is 0.333. The van der Waals surface area contributed by atoms with Crippen LogP contribution in [0.5, 0.6) is 17.2 Å². The summed E-state index contributed by atoms with van der Waals surface area (Å²) in [6.45, 7) is 1.77. The van der Waals surface area contributed by atoms with Gasteiger partial charge in [0.15, 0.2) is 0 Å². The molecule has 4 atom stereocenters. The Balaban J connectivity index is 1.38. The summed E-state index contributed by atoms with van der Waals surface area (Å²) in [7, 11) is 3.30. The predicted molar refractivity (Wildman–Crippen MR) is 138 cm³/mol. The van der Waals surface area contributed by atoms with Crippen molar-refractivity contribution in [2.24, 2.45) is 11.8 Å². The van der Waals surface area contributed by atoms with E-state index in [1.165, 1.54) is 0 Å². The maximum atomic E-state index is 11.3. The van der Waals surface area contributed by atoms with Crippen LogP contribution in [0.15, 0.2) is 91.0 Å². The minimum atomic E-state index is -0.736. The van der Waals surface area contributed by atoms with Crippen LogP contribution in [-0.2, 0) is 22.7 Å².